The molecule has 2 aromatic carbocycles. The molecule has 0 saturated carbocycles. The van der Waals surface area contributed by atoms with E-state index in [9.17, 15) is 22.4 Å². The first-order valence-electron chi connectivity index (χ1n) is 9.45. The molecule has 0 amide bonds. The third-order valence-electron chi connectivity index (χ3n) is 5.07. The summed E-state index contributed by atoms with van der Waals surface area (Å²) >= 11 is 0. The molecule has 30 heavy (non-hydrogen) atoms. The third kappa shape index (κ3) is 4.25. The molecule has 1 saturated heterocycles. The summed E-state index contributed by atoms with van der Waals surface area (Å²) in [5, 5.41) is 0.382. The number of carbonyl (C=O) groups is 1. The number of halogens is 1. The van der Waals surface area contributed by atoms with Gasteiger partial charge in [-0.1, -0.05) is 12.1 Å². The maximum absolute atomic E-state index is 13.3. The minimum absolute atomic E-state index is 0.00636. The van der Waals surface area contributed by atoms with Gasteiger partial charge >= 0.3 is 5.97 Å². The SMILES string of the molecule is O=C(C[C@@H]1CCS(=O)(=O)C1)OCc1nc2ccccc2c(=O)n1-c1ccc(F)cc1. The lowest BCUT2D eigenvalue weighted by molar-refractivity contribution is -0.146. The molecule has 0 N–H and O–H groups in total. The zero-order valence-electron chi connectivity index (χ0n) is 16.0. The molecule has 1 aliphatic heterocycles. The zero-order chi connectivity index (χ0) is 21.3. The van der Waals surface area contributed by atoms with E-state index in [4.69, 9.17) is 4.74 Å². The van der Waals surface area contributed by atoms with Crippen LogP contribution in [-0.4, -0.2) is 35.4 Å². The first-order valence-corrected chi connectivity index (χ1v) is 11.3. The molecular formula is C21H19FN2O5S. The smallest absolute Gasteiger partial charge is 0.306 e. The molecule has 0 aliphatic carbocycles. The van der Waals surface area contributed by atoms with Crippen LogP contribution < -0.4 is 5.56 Å². The van der Waals surface area contributed by atoms with E-state index in [0.29, 0.717) is 23.0 Å². The van der Waals surface area contributed by atoms with E-state index >= 15 is 0 Å². The third-order valence-corrected chi connectivity index (χ3v) is 6.91. The van der Waals surface area contributed by atoms with Gasteiger partial charge in [-0.3, -0.25) is 14.2 Å². The number of para-hydroxylation sites is 1. The van der Waals surface area contributed by atoms with E-state index in [-0.39, 0.29) is 41.8 Å². The number of sulfone groups is 1. The number of benzene rings is 2. The highest BCUT2D eigenvalue weighted by Crippen LogP contribution is 2.22. The van der Waals surface area contributed by atoms with Crippen LogP contribution in [0.25, 0.3) is 16.6 Å². The zero-order valence-corrected chi connectivity index (χ0v) is 16.8. The van der Waals surface area contributed by atoms with Crippen LogP contribution in [0.3, 0.4) is 0 Å². The highest BCUT2D eigenvalue weighted by Gasteiger charge is 2.30. The topological polar surface area (TPSA) is 95.3 Å². The summed E-state index contributed by atoms with van der Waals surface area (Å²) in [6.07, 6.45) is 0.430. The van der Waals surface area contributed by atoms with Gasteiger partial charge in [-0.2, -0.15) is 0 Å². The van der Waals surface area contributed by atoms with Gasteiger partial charge in [0.15, 0.2) is 15.7 Å². The second-order valence-corrected chi connectivity index (χ2v) is 9.52. The van der Waals surface area contributed by atoms with E-state index < -0.39 is 21.6 Å². The van der Waals surface area contributed by atoms with Crippen LogP contribution in [0.5, 0.6) is 0 Å². The Labute approximate surface area is 172 Å². The quantitative estimate of drug-likeness (QED) is 0.577. The van der Waals surface area contributed by atoms with Crippen molar-refractivity contribution in [3.8, 4) is 5.69 Å². The summed E-state index contributed by atoms with van der Waals surface area (Å²) in [4.78, 5) is 29.8. The van der Waals surface area contributed by atoms with E-state index in [0.717, 1.165) is 0 Å². The van der Waals surface area contributed by atoms with E-state index in [1.807, 2.05) is 0 Å². The Bertz CT molecular complexity index is 1270. The number of hydrogen-bond acceptors (Lipinski definition) is 6. The first-order chi connectivity index (χ1) is 14.3. The van der Waals surface area contributed by atoms with Crippen LogP contribution in [0.4, 0.5) is 4.39 Å². The van der Waals surface area contributed by atoms with Crippen molar-refractivity contribution in [2.75, 3.05) is 11.5 Å². The summed E-state index contributed by atoms with van der Waals surface area (Å²) in [5.74, 6) is -0.994. The number of carbonyl (C=O) groups excluding carboxylic acids is 1. The predicted molar refractivity (Wildman–Crippen MR) is 108 cm³/mol. The van der Waals surface area contributed by atoms with Crippen LogP contribution >= 0.6 is 0 Å². The highest BCUT2D eigenvalue weighted by atomic mass is 32.2. The van der Waals surface area contributed by atoms with Crippen molar-refractivity contribution < 1.29 is 22.3 Å². The number of hydrogen-bond donors (Lipinski definition) is 0. The summed E-state index contributed by atoms with van der Waals surface area (Å²) in [7, 11) is -3.08. The van der Waals surface area contributed by atoms with Crippen molar-refractivity contribution in [2.24, 2.45) is 5.92 Å². The van der Waals surface area contributed by atoms with Gasteiger partial charge in [0.05, 0.1) is 28.1 Å². The van der Waals surface area contributed by atoms with Crippen LogP contribution in [-0.2, 0) is 26.0 Å². The number of esters is 1. The number of fused-ring (bicyclic) bond motifs is 1. The molecule has 2 heterocycles. The molecular weight excluding hydrogens is 411 g/mol. The molecule has 1 atom stereocenters. The number of rotatable bonds is 5. The molecule has 0 radical (unpaired) electrons. The Morgan fingerprint density at radius 3 is 2.60 bits per heavy atom. The molecule has 9 heteroatoms. The number of ether oxygens (including phenoxy) is 1. The summed E-state index contributed by atoms with van der Waals surface area (Å²) in [5.41, 5.74) is 0.488. The standard InChI is InChI=1S/C21H19FN2O5S/c22-15-5-7-16(8-6-15)24-19(23-18-4-2-1-3-17(18)21(24)26)12-29-20(25)11-14-9-10-30(27,28)13-14/h1-8,14H,9-13H2/t14-/m0/s1. The maximum Gasteiger partial charge on any atom is 0.306 e. The number of nitrogens with zero attached hydrogens (tertiary/aromatic N) is 2. The average molecular weight is 430 g/mol. The average Bonchev–Trinajstić information content (AvgIpc) is 3.05. The Hall–Kier alpha value is -3.07. The monoisotopic (exact) mass is 430 g/mol. The summed E-state index contributed by atoms with van der Waals surface area (Å²) in [6, 6.07) is 12.1. The van der Waals surface area contributed by atoms with Crippen LogP contribution in [0.1, 0.15) is 18.7 Å². The molecule has 0 spiro atoms. The van der Waals surface area contributed by atoms with Gasteiger partial charge < -0.3 is 4.74 Å². The van der Waals surface area contributed by atoms with Crippen LogP contribution in [0, 0.1) is 11.7 Å². The minimum atomic E-state index is -3.08. The Morgan fingerprint density at radius 2 is 1.90 bits per heavy atom. The van der Waals surface area contributed by atoms with Crippen LogP contribution in [0.15, 0.2) is 53.3 Å². The second-order valence-electron chi connectivity index (χ2n) is 7.30. The Balaban J connectivity index is 1.62. The molecule has 0 unspecified atom stereocenters. The fraction of sp³-hybridized carbons (Fsp3) is 0.286. The van der Waals surface area contributed by atoms with Gasteiger partial charge in [-0.05, 0) is 48.7 Å². The molecule has 1 aromatic heterocycles. The molecule has 0 bridgehead atoms. The van der Waals surface area contributed by atoms with Gasteiger partial charge in [0.1, 0.15) is 12.4 Å². The normalized spacial score (nSPS) is 17.8. The van der Waals surface area contributed by atoms with Crippen molar-refractivity contribution >= 4 is 26.7 Å². The second kappa shape index (κ2) is 7.98. The van der Waals surface area contributed by atoms with Crippen molar-refractivity contribution in [3.05, 3.63) is 70.5 Å². The lowest BCUT2D eigenvalue weighted by atomic mass is 10.1. The van der Waals surface area contributed by atoms with Crippen molar-refractivity contribution in [3.63, 3.8) is 0 Å². The molecule has 156 valence electrons. The largest absolute Gasteiger partial charge is 0.457 e. The van der Waals surface area contributed by atoms with Crippen LogP contribution in [0.2, 0.25) is 0 Å². The van der Waals surface area contributed by atoms with Crippen molar-refractivity contribution in [2.45, 2.75) is 19.4 Å². The molecule has 7 nitrogen and oxygen atoms in total. The highest BCUT2D eigenvalue weighted by molar-refractivity contribution is 7.91. The Kier molecular flexibility index (Phi) is 5.38. The molecule has 1 aliphatic rings. The maximum atomic E-state index is 13.3. The van der Waals surface area contributed by atoms with Gasteiger partial charge in [-0.15, -0.1) is 0 Å². The lowest BCUT2D eigenvalue weighted by Crippen LogP contribution is -2.25. The van der Waals surface area contributed by atoms with Gasteiger partial charge in [0.25, 0.3) is 5.56 Å². The fourth-order valence-corrected chi connectivity index (χ4v) is 5.47. The molecule has 3 aromatic rings. The first kappa shape index (κ1) is 20.2. The fourth-order valence-electron chi connectivity index (χ4n) is 3.60. The number of aromatic nitrogens is 2. The molecule has 4 rings (SSSR count). The summed E-state index contributed by atoms with van der Waals surface area (Å²) in [6.45, 7) is -0.268. The van der Waals surface area contributed by atoms with E-state index in [1.165, 1.54) is 28.8 Å². The summed E-state index contributed by atoms with van der Waals surface area (Å²) < 4.78 is 43.1. The molecule has 1 fully saturated rings. The Morgan fingerprint density at radius 1 is 1.17 bits per heavy atom. The predicted octanol–water partition coefficient (Wildman–Crippen LogP) is 2.39. The van der Waals surface area contributed by atoms with E-state index in [1.54, 1.807) is 24.3 Å². The van der Waals surface area contributed by atoms with Crippen molar-refractivity contribution in [1.82, 2.24) is 9.55 Å². The van der Waals surface area contributed by atoms with Gasteiger partial charge in [-0.25, -0.2) is 17.8 Å². The van der Waals surface area contributed by atoms with Crippen molar-refractivity contribution in [1.29, 1.82) is 0 Å². The van der Waals surface area contributed by atoms with E-state index in [2.05, 4.69) is 4.98 Å². The van der Waals surface area contributed by atoms with Gasteiger partial charge in [0.2, 0.25) is 0 Å². The lowest BCUT2D eigenvalue weighted by Gasteiger charge is -2.14. The minimum Gasteiger partial charge on any atom is -0.457 e. The van der Waals surface area contributed by atoms with Gasteiger partial charge in [0, 0.05) is 6.42 Å².